The quantitative estimate of drug-likeness (QED) is 0.677. The summed E-state index contributed by atoms with van der Waals surface area (Å²) < 4.78 is 22.1. The first-order valence-electron chi connectivity index (χ1n) is 9.93. The van der Waals surface area contributed by atoms with Gasteiger partial charge in [0.05, 0.1) is 33.4 Å². The first kappa shape index (κ1) is 20.8. The van der Waals surface area contributed by atoms with E-state index in [1.165, 1.54) is 7.11 Å². The Kier molecular flexibility index (Phi) is 5.36. The molecule has 2 aliphatic rings. The van der Waals surface area contributed by atoms with Gasteiger partial charge in [0.15, 0.2) is 24.1 Å². The van der Waals surface area contributed by atoms with E-state index in [1.54, 1.807) is 31.4 Å². The zero-order chi connectivity index (χ0) is 22.2. The predicted molar refractivity (Wildman–Crippen MR) is 112 cm³/mol. The van der Waals surface area contributed by atoms with E-state index in [2.05, 4.69) is 5.32 Å². The molecule has 0 fully saturated rings. The predicted octanol–water partition coefficient (Wildman–Crippen LogP) is 1.60. The molecule has 2 aromatic rings. The molecule has 2 atom stereocenters. The summed E-state index contributed by atoms with van der Waals surface area (Å²) in [5.41, 5.74) is 7.79. The Balaban J connectivity index is 1.79. The van der Waals surface area contributed by atoms with Crippen molar-refractivity contribution in [1.82, 2.24) is 0 Å². The second-order valence-corrected chi connectivity index (χ2v) is 7.91. The van der Waals surface area contributed by atoms with Gasteiger partial charge in [-0.2, -0.15) is 0 Å². The molecule has 9 nitrogen and oxygen atoms in total. The fourth-order valence-electron chi connectivity index (χ4n) is 4.43. The average Bonchev–Trinajstić information content (AvgIpc) is 3.20. The molecule has 2 amide bonds. The molecule has 3 N–H and O–H groups in total. The lowest BCUT2D eigenvalue weighted by atomic mass is 9.88. The normalized spacial score (nSPS) is 21.2. The van der Waals surface area contributed by atoms with E-state index in [-0.39, 0.29) is 23.7 Å². The molecule has 2 heterocycles. The molecule has 0 saturated carbocycles. The van der Waals surface area contributed by atoms with Crippen molar-refractivity contribution in [2.24, 2.45) is 5.73 Å². The molecule has 0 aliphatic carbocycles. The van der Waals surface area contributed by atoms with Crippen LogP contribution in [0.25, 0.3) is 0 Å². The van der Waals surface area contributed by atoms with Crippen molar-refractivity contribution < 1.29 is 33.0 Å². The summed E-state index contributed by atoms with van der Waals surface area (Å²) >= 11 is 0. The summed E-state index contributed by atoms with van der Waals surface area (Å²) in [7, 11) is 4.97. The highest BCUT2D eigenvalue weighted by molar-refractivity contribution is 5.96. The van der Waals surface area contributed by atoms with Crippen LogP contribution in [0.15, 0.2) is 30.3 Å². The highest BCUT2D eigenvalue weighted by Gasteiger charge is 2.48. The standard InChI is InChI=1S/C22H25N3O6/c1-25(11-17(23)26)9-8-13-10-16-20(31-12-30-16)21(29-3)18(13)19(25)22(27)24-14-4-6-15(28-2)7-5-14/h4-7,10,19H,8-9,11-12H2,1-3H3,(H2-,23,24,26,27)/p+1/t19-,25+/m1/s1. The van der Waals surface area contributed by atoms with Gasteiger partial charge in [-0.1, -0.05) is 0 Å². The third kappa shape index (κ3) is 3.72. The molecule has 0 radical (unpaired) electrons. The number of hydrogen-bond acceptors (Lipinski definition) is 6. The van der Waals surface area contributed by atoms with Crippen molar-refractivity contribution >= 4 is 17.5 Å². The number of primary amides is 1. The number of nitrogens with two attached hydrogens (primary N) is 1. The third-order valence-electron chi connectivity index (χ3n) is 5.86. The fraction of sp³-hybridized carbons (Fsp3) is 0.364. The first-order valence-corrected chi connectivity index (χ1v) is 9.93. The number of fused-ring (bicyclic) bond motifs is 2. The minimum absolute atomic E-state index is 0.0116. The second-order valence-electron chi connectivity index (χ2n) is 7.91. The molecule has 164 valence electrons. The van der Waals surface area contributed by atoms with E-state index in [1.807, 2.05) is 13.1 Å². The Bertz CT molecular complexity index is 1020. The molecule has 0 bridgehead atoms. The van der Waals surface area contributed by atoms with Crippen molar-refractivity contribution in [3.05, 3.63) is 41.5 Å². The number of nitrogens with one attached hydrogen (secondary N) is 1. The van der Waals surface area contributed by atoms with Gasteiger partial charge < -0.3 is 34.5 Å². The summed E-state index contributed by atoms with van der Waals surface area (Å²) in [6, 6.07) is 8.21. The maximum Gasteiger partial charge on any atom is 0.287 e. The fourth-order valence-corrected chi connectivity index (χ4v) is 4.43. The number of likely N-dealkylation sites (N-methyl/N-ethyl adjacent to an activating group) is 1. The lowest BCUT2D eigenvalue weighted by Crippen LogP contribution is -2.58. The number of ether oxygens (including phenoxy) is 4. The van der Waals surface area contributed by atoms with Gasteiger partial charge >= 0.3 is 0 Å². The number of methoxy groups -OCH3 is 2. The largest absolute Gasteiger partial charge is 0.497 e. The zero-order valence-electron chi connectivity index (χ0n) is 17.8. The van der Waals surface area contributed by atoms with Crippen molar-refractivity contribution in [2.75, 3.05) is 46.5 Å². The maximum atomic E-state index is 13.6. The summed E-state index contributed by atoms with van der Waals surface area (Å²) in [5.74, 6) is 1.45. The van der Waals surface area contributed by atoms with Crippen LogP contribution >= 0.6 is 0 Å². The number of rotatable bonds is 6. The van der Waals surface area contributed by atoms with E-state index in [0.717, 1.165) is 5.56 Å². The van der Waals surface area contributed by atoms with E-state index in [9.17, 15) is 9.59 Å². The van der Waals surface area contributed by atoms with Crippen LogP contribution in [-0.4, -0.2) is 57.4 Å². The van der Waals surface area contributed by atoms with Gasteiger partial charge in [0.25, 0.3) is 11.8 Å². The van der Waals surface area contributed by atoms with Crippen LogP contribution in [0.1, 0.15) is 17.2 Å². The second kappa shape index (κ2) is 7.99. The van der Waals surface area contributed by atoms with Gasteiger partial charge in [-0.3, -0.25) is 9.59 Å². The van der Waals surface area contributed by atoms with E-state index in [0.29, 0.717) is 47.2 Å². The van der Waals surface area contributed by atoms with Gasteiger partial charge in [0.1, 0.15) is 5.75 Å². The molecule has 2 aromatic carbocycles. The molecule has 0 aromatic heterocycles. The molecule has 9 heteroatoms. The lowest BCUT2D eigenvalue weighted by molar-refractivity contribution is -0.924. The molecule has 31 heavy (non-hydrogen) atoms. The van der Waals surface area contributed by atoms with E-state index in [4.69, 9.17) is 24.7 Å². The maximum absolute atomic E-state index is 13.6. The van der Waals surface area contributed by atoms with Gasteiger partial charge in [-0.25, -0.2) is 0 Å². The summed E-state index contributed by atoms with van der Waals surface area (Å²) in [6.45, 7) is 0.655. The molecule has 0 unspecified atom stereocenters. The Morgan fingerprint density at radius 1 is 1.19 bits per heavy atom. The number of amides is 2. The van der Waals surface area contributed by atoms with Crippen molar-refractivity contribution in [3.8, 4) is 23.0 Å². The van der Waals surface area contributed by atoms with Crippen molar-refractivity contribution in [2.45, 2.75) is 12.5 Å². The van der Waals surface area contributed by atoms with Crippen LogP contribution in [0.5, 0.6) is 23.0 Å². The van der Waals surface area contributed by atoms with Crippen LogP contribution in [0.2, 0.25) is 0 Å². The summed E-state index contributed by atoms with van der Waals surface area (Å²) in [5, 5.41) is 2.96. The van der Waals surface area contributed by atoms with Gasteiger partial charge in [-0.15, -0.1) is 0 Å². The van der Waals surface area contributed by atoms with E-state index >= 15 is 0 Å². The highest BCUT2D eigenvalue weighted by Crippen LogP contribution is 2.51. The van der Waals surface area contributed by atoms with Gasteiger partial charge in [0.2, 0.25) is 12.5 Å². The molecule has 0 spiro atoms. The number of hydrogen-bond donors (Lipinski definition) is 2. The smallest absolute Gasteiger partial charge is 0.287 e. The monoisotopic (exact) mass is 428 g/mol. The van der Waals surface area contributed by atoms with E-state index < -0.39 is 11.9 Å². The number of carbonyl (C=O) groups excluding carboxylic acids is 2. The van der Waals surface area contributed by atoms with Crippen LogP contribution in [0, 0.1) is 0 Å². The summed E-state index contributed by atoms with van der Waals surface area (Å²) in [4.78, 5) is 25.5. The van der Waals surface area contributed by atoms with Crippen molar-refractivity contribution in [1.29, 1.82) is 0 Å². The SMILES string of the molecule is COc1ccc(NC(=O)[C@H]2c3c(cc4c(c3OC)OCO4)CC[N@@+]2(C)CC(N)=O)cc1. The first-order chi connectivity index (χ1) is 14.9. The highest BCUT2D eigenvalue weighted by atomic mass is 16.7. The Morgan fingerprint density at radius 2 is 1.94 bits per heavy atom. The molecular formula is C22H26N3O6+. The Hall–Kier alpha value is -3.46. The number of carbonyl (C=O) groups is 2. The minimum Gasteiger partial charge on any atom is -0.497 e. The van der Waals surface area contributed by atoms with Crippen LogP contribution in [0.3, 0.4) is 0 Å². The minimum atomic E-state index is -0.734. The summed E-state index contributed by atoms with van der Waals surface area (Å²) in [6.07, 6.45) is 0.637. The number of quaternary nitrogens is 1. The number of nitrogens with zero attached hydrogens (tertiary/aromatic N) is 1. The molecular weight excluding hydrogens is 402 g/mol. The Morgan fingerprint density at radius 3 is 2.58 bits per heavy atom. The third-order valence-corrected chi connectivity index (χ3v) is 5.86. The topological polar surface area (TPSA) is 109 Å². The van der Waals surface area contributed by atoms with Crippen LogP contribution in [0.4, 0.5) is 5.69 Å². The molecule has 0 saturated heterocycles. The number of benzene rings is 2. The number of anilines is 1. The van der Waals surface area contributed by atoms with Gasteiger partial charge in [0, 0.05) is 12.1 Å². The molecule has 2 aliphatic heterocycles. The van der Waals surface area contributed by atoms with Crippen LogP contribution in [-0.2, 0) is 16.0 Å². The van der Waals surface area contributed by atoms with Gasteiger partial charge in [-0.05, 0) is 35.9 Å². The van der Waals surface area contributed by atoms with Crippen molar-refractivity contribution in [3.63, 3.8) is 0 Å². The average molecular weight is 428 g/mol. The molecule has 4 rings (SSSR count). The lowest BCUT2D eigenvalue weighted by Gasteiger charge is -2.44. The zero-order valence-corrected chi connectivity index (χ0v) is 17.8. The van der Waals surface area contributed by atoms with Crippen LogP contribution < -0.4 is 30.0 Å². The Labute approximate surface area is 180 Å².